The molecule has 0 bridgehead atoms. The van der Waals surface area contributed by atoms with Gasteiger partial charge in [0.15, 0.2) is 6.04 Å². The number of aromatic nitrogens is 1. The van der Waals surface area contributed by atoms with Gasteiger partial charge in [-0.2, -0.15) is 0 Å². The molecule has 9 nitrogen and oxygen atoms in total. The molecule has 0 aromatic carbocycles. The molecule has 28 heavy (non-hydrogen) atoms. The molecule has 0 saturated heterocycles. The predicted molar refractivity (Wildman–Crippen MR) is 103 cm³/mol. The monoisotopic (exact) mass is 395 g/mol. The van der Waals surface area contributed by atoms with E-state index in [9.17, 15) is 14.4 Å². The molecule has 9 heteroatoms. The lowest BCUT2D eigenvalue weighted by atomic mass is 10.2. The van der Waals surface area contributed by atoms with Gasteiger partial charge in [-0.1, -0.05) is 0 Å². The summed E-state index contributed by atoms with van der Waals surface area (Å²) in [6.07, 6.45) is 1.38. The molecule has 0 spiro atoms. The number of esters is 1. The van der Waals surface area contributed by atoms with E-state index in [2.05, 4.69) is 15.0 Å². The third kappa shape index (κ3) is 7.91. The number of rotatable bonds is 8. The summed E-state index contributed by atoms with van der Waals surface area (Å²) < 4.78 is 9.93. The predicted octanol–water partition coefficient (Wildman–Crippen LogP) is 1.56. The molecule has 1 aromatic heterocycles. The number of carbonyl (C=O) groups excluding carboxylic acids is 3. The molecular weight excluding hydrogens is 366 g/mol. The molecule has 1 aromatic rings. The summed E-state index contributed by atoms with van der Waals surface area (Å²) >= 11 is 0. The average Bonchev–Trinajstić information content (AvgIpc) is 2.61. The first-order valence-corrected chi connectivity index (χ1v) is 8.98. The van der Waals surface area contributed by atoms with Gasteiger partial charge in [0.25, 0.3) is 0 Å². The van der Waals surface area contributed by atoms with Crippen LogP contribution in [-0.2, 0) is 19.1 Å². The van der Waals surface area contributed by atoms with E-state index in [0.29, 0.717) is 12.2 Å². The quantitative estimate of drug-likeness (QED) is 0.641. The third-order valence-corrected chi connectivity index (χ3v) is 3.58. The minimum atomic E-state index is -1.11. The highest BCUT2D eigenvalue weighted by atomic mass is 16.6. The number of hydrogen-bond acceptors (Lipinski definition) is 7. The Bertz CT molecular complexity index is 686. The van der Waals surface area contributed by atoms with E-state index in [1.807, 2.05) is 13.0 Å². The second-order valence-corrected chi connectivity index (χ2v) is 7.25. The van der Waals surface area contributed by atoms with Crippen molar-refractivity contribution in [2.24, 2.45) is 0 Å². The van der Waals surface area contributed by atoms with Crippen LogP contribution in [-0.4, -0.2) is 60.0 Å². The Morgan fingerprint density at radius 2 is 2.00 bits per heavy atom. The van der Waals surface area contributed by atoms with Crippen LogP contribution in [0.25, 0.3) is 0 Å². The molecule has 1 heterocycles. The van der Waals surface area contributed by atoms with Crippen molar-refractivity contribution in [3.8, 4) is 0 Å². The van der Waals surface area contributed by atoms with E-state index < -0.39 is 36.2 Å². The number of aliphatic hydroxyl groups is 1. The molecule has 2 amide bonds. The van der Waals surface area contributed by atoms with Gasteiger partial charge in [0, 0.05) is 19.2 Å². The largest absolute Gasteiger partial charge is 0.467 e. The minimum absolute atomic E-state index is 0.0403. The third-order valence-electron chi connectivity index (χ3n) is 3.58. The van der Waals surface area contributed by atoms with E-state index in [0.717, 1.165) is 5.56 Å². The SMILES string of the molecule is COC(=O)[C@H](CO)NC(=O)CCCN(C(=O)OC(C)(C)C)c1cc(C)ccn1. The fraction of sp³-hybridized carbons (Fsp3) is 0.579. The molecule has 156 valence electrons. The van der Waals surface area contributed by atoms with E-state index >= 15 is 0 Å². The maximum Gasteiger partial charge on any atom is 0.416 e. The average molecular weight is 395 g/mol. The first kappa shape index (κ1) is 23.4. The summed E-state index contributed by atoms with van der Waals surface area (Å²) in [5.74, 6) is -0.738. The van der Waals surface area contributed by atoms with Crippen LogP contribution in [0.15, 0.2) is 18.3 Å². The van der Waals surface area contributed by atoms with Crippen LogP contribution < -0.4 is 10.2 Å². The van der Waals surface area contributed by atoms with Crippen molar-refractivity contribution in [1.82, 2.24) is 10.3 Å². The molecular formula is C19H29N3O6. The highest BCUT2D eigenvalue weighted by molar-refractivity contribution is 5.87. The maximum atomic E-state index is 12.6. The van der Waals surface area contributed by atoms with Gasteiger partial charge in [0.2, 0.25) is 5.91 Å². The summed E-state index contributed by atoms with van der Waals surface area (Å²) in [4.78, 5) is 41.6. The van der Waals surface area contributed by atoms with E-state index in [-0.39, 0.29) is 13.0 Å². The van der Waals surface area contributed by atoms with Crippen LogP contribution in [0.4, 0.5) is 10.6 Å². The number of nitrogens with zero attached hydrogens (tertiary/aromatic N) is 2. The van der Waals surface area contributed by atoms with Crippen LogP contribution in [0.5, 0.6) is 0 Å². The summed E-state index contributed by atoms with van der Waals surface area (Å²) in [7, 11) is 1.17. The van der Waals surface area contributed by atoms with Gasteiger partial charge in [-0.05, 0) is 51.8 Å². The first-order chi connectivity index (χ1) is 13.1. The highest BCUT2D eigenvalue weighted by Crippen LogP contribution is 2.18. The van der Waals surface area contributed by atoms with Crippen LogP contribution in [0, 0.1) is 6.92 Å². The maximum absolute atomic E-state index is 12.6. The summed E-state index contributed by atoms with van der Waals surface area (Å²) in [5.41, 5.74) is 0.256. The van der Waals surface area contributed by atoms with Crippen LogP contribution in [0.3, 0.4) is 0 Å². The van der Waals surface area contributed by atoms with E-state index in [1.165, 1.54) is 12.0 Å². The van der Waals surface area contributed by atoms with Crippen LogP contribution in [0.1, 0.15) is 39.2 Å². The van der Waals surface area contributed by atoms with Crippen molar-refractivity contribution in [3.63, 3.8) is 0 Å². The van der Waals surface area contributed by atoms with Gasteiger partial charge in [-0.25, -0.2) is 14.6 Å². The molecule has 0 radical (unpaired) electrons. The Morgan fingerprint density at radius 1 is 1.32 bits per heavy atom. The van der Waals surface area contributed by atoms with Crippen molar-refractivity contribution in [2.75, 3.05) is 25.2 Å². The van der Waals surface area contributed by atoms with Crippen molar-refractivity contribution in [2.45, 2.75) is 52.2 Å². The molecule has 2 N–H and O–H groups in total. The summed E-state index contributed by atoms with van der Waals surface area (Å²) in [5, 5.41) is 11.5. The summed E-state index contributed by atoms with van der Waals surface area (Å²) in [6, 6.07) is 2.45. The Balaban J connectivity index is 2.75. The van der Waals surface area contributed by atoms with Gasteiger partial charge < -0.3 is 19.9 Å². The zero-order valence-corrected chi connectivity index (χ0v) is 17.0. The molecule has 1 atom stereocenters. The summed E-state index contributed by atoms with van der Waals surface area (Å²) in [6.45, 7) is 6.82. The van der Waals surface area contributed by atoms with Gasteiger partial charge in [0.05, 0.1) is 13.7 Å². The fourth-order valence-corrected chi connectivity index (χ4v) is 2.27. The number of ether oxygens (including phenoxy) is 2. The van der Waals surface area contributed by atoms with Gasteiger partial charge >= 0.3 is 12.1 Å². The molecule has 0 saturated carbocycles. The number of aryl methyl sites for hydroxylation is 1. The number of hydrogen-bond donors (Lipinski definition) is 2. The van der Waals surface area contributed by atoms with Gasteiger partial charge in [-0.3, -0.25) is 9.69 Å². The lowest BCUT2D eigenvalue weighted by molar-refractivity contribution is -0.146. The van der Waals surface area contributed by atoms with Crippen molar-refractivity contribution in [1.29, 1.82) is 0 Å². The number of pyridine rings is 1. The van der Waals surface area contributed by atoms with Crippen molar-refractivity contribution >= 4 is 23.8 Å². The standard InChI is InChI=1S/C19H29N3O6/c1-13-8-9-20-15(11-13)22(18(26)28-19(2,3)4)10-6-7-16(24)21-14(12-23)17(25)27-5/h8-9,11,14,23H,6-7,10,12H2,1-5H3,(H,21,24)/t14-/m0/s1. The molecule has 0 aliphatic carbocycles. The lowest BCUT2D eigenvalue weighted by Gasteiger charge is -2.27. The Hall–Kier alpha value is -2.68. The lowest BCUT2D eigenvalue weighted by Crippen LogP contribution is -2.44. The smallest absolute Gasteiger partial charge is 0.416 e. The zero-order chi connectivity index (χ0) is 21.3. The Kier molecular flexibility index (Phi) is 8.84. The first-order valence-electron chi connectivity index (χ1n) is 8.98. The number of aliphatic hydroxyl groups excluding tert-OH is 1. The molecule has 0 fully saturated rings. The number of carbonyl (C=O) groups is 3. The number of methoxy groups -OCH3 is 1. The minimum Gasteiger partial charge on any atom is -0.467 e. The molecule has 0 aliphatic rings. The molecule has 1 rings (SSSR count). The number of anilines is 1. The van der Waals surface area contributed by atoms with Crippen molar-refractivity contribution < 1.29 is 29.0 Å². The van der Waals surface area contributed by atoms with Gasteiger partial charge in [-0.15, -0.1) is 0 Å². The Labute approximate surface area is 165 Å². The molecule has 0 unspecified atom stereocenters. The highest BCUT2D eigenvalue weighted by Gasteiger charge is 2.25. The van der Waals surface area contributed by atoms with E-state index in [1.54, 1.807) is 33.0 Å². The number of amides is 2. The topological polar surface area (TPSA) is 118 Å². The second kappa shape index (κ2) is 10.6. The fourth-order valence-electron chi connectivity index (χ4n) is 2.27. The van der Waals surface area contributed by atoms with E-state index in [4.69, 9.17) is 9.84 Å². The van der Waals surface area contributed by atoms with Crippen LogP contribution >= 0.6 is 0 Å². The Morgan fingerprint density at radius 3 is 2.54 bits per heavy atom. The second-order valence-electron chi connectivity index (χ2n) is 7.25. The zero-order valence-electron chi connectivity index (χ0n) is 17.0. The van der Waals surface area contributed by atoms with Gasteiger partial charge in [0.1, 0.15) is 11.4 Å². The van der Waals surface area contributed by atoms with Crippen LogP contribution in [0.2, 0.25) is 0 Å². The molecule has 0 aliphatic heterocycles. The number of nitrogens with one attached hydrogen (secondary N) is 1. The van der Waals surface area contributed by atoms with Crippen molar-refractivity contribution in [3.05, 3.63) is 23.9 Å². The normalized spacial score (nSPS) is 12.1.